The van der Waals surface area contributed by atoms with Gasteiger partial charge in [0.25, 0.3) is 0 Å². The van der Waals surface area contributed by atoms with Crippen LogP contribution in [0.3, 0.4) is 0 Å². The topological polar surface area (TPSA) is 42.4 Å². The summed E-state index contributed by atoms with van der Waals surface area (Å²) in [6.07, 6.45) is 11.7. The van der Waals surface area contributed by atoms with E-state index in [0.717, 1.165) is 37.2 Å². The predicted molar refractivity (Wildman–Crippen MR) is 109 cm³/mol. The Kier molecular flexibility index (Phi) is 4.34. The van der Waals surface area contributed by atoms with E-state index >= 15 is 0 Å². The molecule has 142 valence electrons. The van der Waals surface area contributed by atoms with Crippen LogP contribution in [0.25, 0.3) is 0 Å². The van der Waals surface area contributed by atoms with Crippen molar-refractivity contribution in [3.05, 3.63) is 47.3 Å². The van der Waals surface area contributed by atoms with Crippen molar-refractivity contribution in [2.45, 2.75) is 74.2 Å². The zero-order valence-electron chi connectivity index (χ0n) is 15.9. The molecule has 4 heteroatoms. The molecule has 1 N–H and O–H groups in total. The number of aromatic hydroxyl groups is 1. The fraction of sp³-hybridized carbons (Fsp3) is 0.522. The first-order valence-corrected chi connectivity index (χ1v) is 11.2. The molecule has 1 aliphatic heterocycles. The molecule has 2 aromatic rings. The number of phenols is 1. The number of hydrogen-bond acceptors (Lipinski definition) is 4. The number of fused-ring (bicyclic) bond motifs is 7. The summed E-state index contributed by atoms with van der Waals surface area (Å²) in [4.78, 5) is 5.37. The molecule has 1 aromatic carbocycles. The second-order valence-electron chi connectivity index (χ2n) is 8.61. The number of hydrogen-bond donors (Lipinski definition) is 1. The average molecular weight is 382 g/mol. The van der Waals surface area contributed by atoms with Gasteiger partial charge in [-0.25, -0.2) is 0 Å². The minimum absolute atomic E-state index is 0.0849. The van der Waals surface area contributed by atoms with Crippen molar-refractivity contribution >= 4 is 11.8 Å². The van der Waals surface area contributed by atoms with E-state index in [1.165, 1.54) is 40.8 Å². The van der Waals surface area contributed by atoms with Crippen LogP contribution in [0.15, 0.2) is 35.5 Å². The van der Waals surface area contributed by atoms with E-state index in [4.69, 9.17) is 4.74 Å². The minimum Gasteiger partial charge on any atom is -0.508 e. The molecule has 1 aromatic heterocycles. The maximum Gasteiger partial charge on any atom is 0.127 e. The van der Waals surface area contributed by atoms with Gasteiger partial charge in [-0.1, -0.05) is 0 Å². The fourth-order valence-corrected chi connectivity index (χ4v) is 6.17. The standard InChI is InChI=1S/C23H27NO2S/c1-23(8-2-12-27-18-6-10-24-11-7-18)9-5-17-14-19(25)20-15-3-4-16(13-15)21(20)22(17)26-23/h6-7,10-11,14-16,25H,2-5,8-9,12-13H2,1H3. The molecule has 1 fully saturated rings. The summed E-state index contributed by atoms with van der Waals surface area (Å²) in [6, 6.07) is 6.14. The van der Waals surface area contributed by atoms with Crippen LogP contribution in [-0.2, 0) is 6.42 Å². The lowest BCUT2D eigenvalue weighted by Gasteiger charge is -2.38. The number of benzene rings is 1. The Morgan fingerprint density at radius 1 is 1.22 bits per heavy atom. The molecule has 1 saturated carbocycles. The smallest absolute Gasteiger partial charge is 0.127 e. The van der Waals surface area contributed by atoms with Crippen LogP contribution in [0, 0.1) is 0 Å². The van der Waals surface area contributed by atoms with Gasteiger partial charge in [-0.2, -0.15) is 0 Å². The largest absolute Gasteiger partial charge is 0.508 e. The zero-order valence-corrected chi connectivity index (χ0v) is 16.7. The van der Waals surface area contributed by atoms with Crippen LogP contribution in [0.4, 0.5) is 0 Å². The lowest BCUT2D eigenvalue weighted by molar-refractivity contribution is 0.0540. The van der Waals surface area contributed by atoms with Crippen molar-refractivity contribution in [3.63, 3.8) is 0 Å². The van der Waals surface area contributed by atoms with Gasteiger partial charge < -0.3 is 9.84 Å². The van der Waals surface area contributed by atoms with E-state index in [0.29, 0.717) is 17.6 Å². The van der Waals surface area contributed by atoms with Crippen LogP contribution in [0.1, 0.15) is 74.0 Å². The van der Waals surface area contributed by atoms with Gasteiger partial charge in [0, 0.05) is 28.4 Å². The third-order valence-corrected chi connectivity index (χ3v) is 7.80. The molecule has 2 heterocycles. The number of rotatable bonds is 5. The first kappa shape index (κ1) is 17.4. The van der Waals surface area contributed by atoms with Gasteiger partial charge in [-0.3, -0.25) is 4.98 Å². The molecular weight excluding hydrogens is 354 g/mol. The van der Waals surface area contributed by atoms with E-state index in [2.05, 4.69) is 24.0 Å². The number of ether oxygens (including phenoxy) is 1. The molecule has 3 atom stereocenters. The van der Waals surface area contributed by atoms with Gasteiger partial charge in [0.05, 0.1) is 0 Å². The van der Waals surface area contributed by atoms with E-state index < -0.39 is 0 Å². The van der Waals surface area contributed by atoms with Crippen LogP contribution in [0.5, 0.6) is 11.5 Å². The quantitative estimate of drug-likeness (QED) is 0.524. The van der Waals surface area contributed by atoms with Gasteiger partial charge in [0.15, 0.2) is 0 Å². The van der Waals surface area contributed by atoms with Crippen molar-refractivity contribution in [2.24, 2.45) is 0 Å². The number of aromatic nitrogens is 1. The highest BCUT2D eigenvalue weighted by molar-refractivity contribution is 7.99. The molecule has 0 saturated heterocycles. The molecule has 5 rings (SSSR count). The van der Waals surface area contributed by atoms with E-state index in [9.17, 15) is 5.11 Å². The summed E-state index contributed by atoms with van der Waals surface area (Å²) in [5.41, 5.74) is 3.71. The number of thioether (sulfide) groups is 1. The molecule has 0 amide bonds. The molecule has 3 unspecified atom stereocenters. The minimum atomic E-state index is -0.0849. The van der Waals surface area contributed by atoms with Gasteiger partial charge in [-0.15, -0.1) is 11.8 Å². The van der Waals surface area contributed by atoms with Crippen molar-refractivity contribution in [1.82, 2.24) is 4.98 Å². The number of phenolic OH excluding ortho intramolecular Hbond substituents is 1. The third kappa shape index (κ3) is 3.12. The van der Waals surface area contributed by atoms with Crippen LogP contribution >= 0.6 is 11.8 Å². The molecule has 2 bridgehead atoms. The maximum atomic E-state index is 10.6. The Labute approximate surface area is 165 Å². The molecule has 3 nitrogen and oxygen atoms in total. The fourth-order valence-electron chi connectivity index (χ4n) is 5.33. The van der Waals surface area contributed by atoms with E-state index in [-0.39, 0.29) is 5.60 Å². The zero-order chi connectivity index (χ0) is 18.4. The molecular formula is C23H27NO2S. The van der Waals surface area contributed by atoms with Crippen molar-refractivity contribution in [2.75, 3.05) is 5.75 Å². The summed E-state index contributed by atoms with van der Waals surface area (Å²) < 4.78 is 6.69. The van der Waals surface area contributed by atoms with Crippen LogP contribution in [0.2, 0.25) is 0 Å². The maximum absolute atomic E-state index is 10.6. The summed E-state index contributed by atoms with van der Waals surface area (Å²) >= 11 is 1.90. The first-order chi connectivity index (χ1) is 13.1. The highest BCUT2D eigenvalue weighted by atomic mass is 32.2. The van der Waals surface area contributed by atoms with Crippen molar-refractivity contribution in [1.29, 1.82) is 0 Å². The number of nitrogens with zero attached hydrogens (tertiary/aromatic N) is 1. The Morgan fingerprint density at radius 3 is 2.81 bits per heavy atom. The SMILES string of the molecule is CC1(CCCSc2ccncc2)CCc2cc(O)c3c(c2O1)C1CCC3C1. The van der Waals surface area contributed by atoms with Gasteiger partial charge >= 0.3 is 0 Å². The van der Waals surface area contributed by atoms with Gasteiger partial charge in [0.2, 0.25) is 0 Å². The summed E-state index contributed by atoms with van der Waals surface area (Å²) in [7, 11) is 0. The average Bonchev–Trinajstić information content (AvgIpc) is 3.30. The van der Waals surface area contributed by atoms with Crippen molar-refractivity contribution < 1.29 is 9.84 Å². The number of pyridine rings is 1. The third-order valence-electron chi connectivity index (χ3n) is 6.70. The highest BCUT2D eigenvalue weighted by Gasteiger charge is 2.44. The van der Waals surface area contributed by atoms with E-state index in [1.807, 2.05) is 30.2 Å². The van der Waals surface area contributed by atoms with E-state index in [1.54, 1.807) is 0 Å². The Hall–Kier alpha value is -1.68. The predicted octanol–water partition coefficient (Wildman–Crippen LogP) is 5.81. The lowest BCUT2D eigenvalue weighted by Crippen LogP contribution is -2.37. The van der Waals surface area contributed by atoms with Crippen molar-refractivity contribution in [3.8, 4) is 11.5 Å². The lowest BCUT2D eigenvalue weighted by atomic mass is 9.83. The Morgan fingerprint density at radius 2 is 2.00 bits per heavy atom. The summed E-state index contributed by atoms with van der Waals surface area (Å²) in [5.74, 6) is 3.93. The molecule has 2 aliphatic carbocycles. The Bertz CT molecular complexity index is 853. The second kappa shape index (κ2) is 6.73. The summed E-state index contributed by atoms with van der Waals surface area (Å²) in [5, 5.41) is 10.6. The highest BCUT2D eigenvalue weighted by Crippen LogP contribution is 2.60. The van der Waals surface area contributed by atoms with Crippen LogP contribution in [-0.4, -0.2) is 21.4 Å². The molecule has 0 radical (unpaired) electrons. The van der Waals surface area contributed by atoms with Gasteiger partial charge in [-0.05, 0) is 93.2 Å². The molecule has 0 spiro atoms. The summed E-state index contributed by atoms with van der Waals surface area (Å²) in [6.45, 7) is 2.28. The number of aryl methyl sites for hydroxylation is 1. The normalized spacial score (nSPS) is 27.9. The molecule has 3 aliphatic rings. The van der Waals surface area contributed by atoms with Gasteiger partial charge in [0.1, 0.15) is 17.1 Å². The monoisotopic (exact) mass is 381 g/mol. The Balaban J connectivity index is 1.29. The second-order valence-corrected chi connectivity index (χ2v) is 9.77. The molecule has 27 heavy (non-hydrogen) atoms. The first-order valence-electron chi connectivity index (χ1n) is 10.2. The van der Waals surface area contributed by atoms with Crippen LogP contribution < -0.4 is 4.74 Å².